The average Bonchev–Trinajstić information content (AvgIpc) is 2.81. The quantitative estimate of drug-likeness (QED) is 0.402. The van der Waals surface area contributed by atoms with Crippen LogP contribution in [0.15, 0.2) is 78.9 Å². The molecule has 178 valence electrons. The van der Waals surface area contributed by atoms with E-state index in [-0.39, 0.29) is 17.4 Å². The van der Waals surface area contributed by atoms with Gasteiger partial charge in [-0.05, 0) is 57.0 Å². The van der Waals surface area contributed by atoms with Crippen molar-refractivity contribution in [2.24, 2.45) is 0 Å². The van der Waals surface area contributed by atoms with Crippen LogP contribution in [0.1, 0.15) is 78.9 Å². The van der Waals surface area contributed by atoms with Gasteiger partial charge in [-0.15, -0.1) is 0 Å². The van der Waals surface area contributed by atoms with Crippen molar-refractivity contribution >= 4 is 11.9 Å². The molecule has 5 heteroatoms. The highest BCUT2D eigenvalue weighted by Crippen LogP contribution is 2.24. The maximum absolute atomic E-state index is 13.2. The van der Waals surface area contributed by atoms with Crippen molar-refractivity contribution in [1.82, 2.24) is 5.23 Å². The van der Waals surface area contributed by atoms with Gasteiger partial charge in [-0.3, -0.25) is 4.79 Å². The lowest BCUT2D eigenvalue weighted by molar-refractivity contribution is -0.300. The number of hydrogen-bond acceptors (Lipinski definition) is 4. The van der Waals surface area contributed by atoms with Gasteiger partial charge in [0.05, 0.1) is 5.56 Å². The highest BCUT2D eigenvalue weighted by atomic mass is 17.0. The summed E-state index contributed by atoms with van der Waals surface area (Å²) in [6, 6.07) is 23.7. The summed E-state index contributed by atoms with van der Waals surface area (Å²) >= 11 is 0. The minimum absolute atomic E-state index is 0.0336. The zero-order valence-electron chi connectivity index (χ0n) is 20.8. The van der Waals surface area contributed by atoms with Crippen molar-refractivity contribution in [3.63, 3.8) is 0 Å². The third-order valence-corrected chi connectivity index (χ3v) is 5.51. The van der Waals surface area contributed by atoms with Gasteiger partial charge in [-0.2, -0.15) is 0 Å². The van der Waals surface area contributed by atoms with Crippen molar-refractivity contribution in [3.8, 4) is 0 Å². The van der Waals surface area contributed by atoms with E-state index in [4.69, 9.17) is 9.68 Å². The lowest BCUT2D eigenvalue weighted by Crippen LogP contribution is -2.34. The summed E-state index contributed by atoms with van der Waals surface area (Å²) in [6.07, 6.45) is 0. The monoisotopic (exact) mass is 459 g/mol. The van der Waals surface area contributed by atoms with Crippen LogP contribution in [0.4, 0.5) is 0 Å². The number of carbonyl (C=O) groups is 2. The van der Waals surface area contributed by atoms with E-state index in [1.54, 1.807) is 42.5 Å². The molecule has 3 aromatic rings. The summed E-state index contributed by atoms with van der Waals surface area (Å²) in [4.78, 5) is 36.9. The third kappa shape index (κ3) is 6.55. The summed E-state index contributed by atoms with van der Waals surface area (Å²) in [5, 5.41) is 0.680. The third-order valence-electron chi connectivity index (χ3n) is 5.51. The summed E-state index contributed by atoms with van der Waals surface area (Å²) in [7, 11) is 0. The molecule has 5 nitrogen and oxygen atoms in total. The molecule has 1 amide bonds. The van der Waals surface area contributed by atoms with Crippen LogP contribution in [0.25, 0.3) is 0 Å². The zero-order chi connectivity index (χ0) is 24.9. The largest absolute Gasteiger partial charge is 0.366 e. The molecule has 3 aromatic carbocycles. The first kappa shape index (κ1) is 25.2. The molecule has 0 aromatic heterocycles. The van der Waals surface area contributed by atoms with E-state index in [0.717, 1.165) is 11.1 Å². The molecular weight excluding hydrogens is 426 g/mol. The molecule has 0 bridgehead atoms. The Labute approximate surface area is 202 Å². The number of hydrogen-bond donors (Lipinski definition) is 0. The van der Waals surface area contributed by atoms with Crippen molar-refractivity contribution in [2.75, 3.05) is 0 Å². The van der Waals surface area contributed by atoms with Gasteiger partial charge in [0.1, 0.15) is 6.61 Å². The second-order valence-electron chi connectivity index (χ2n) is 10.4. The SMILES string of the molecule is CC(C)(C)c1ccc(CON(OC(=O)c2ccccc2)C(=O)c2ccc(C(C)(C)C)cc2)cc1. The van der Waals surface area contributed by atoms with Crippen LogP contribution < -0.4 is 0 Å². The fraction of sp³-hybridized carbons (Fsp3) is 0.310. The number of benzene rings is 3. The standard InChI is InChI=1S/C29H33NO4/c1-28(2,3)24-16-12-21(13-17-24)20-33-30(34-27(32)23-10-8-7-9-11-23)26(31)22-14-18-25(19-15-22)29(4,5)6/h7-19H,20H2,1-6H3. The molecular formula is C29H33NO4. The lowest BCUT2D eigenvalue weighted by atomic mass is 9.87. The van der Waals surface area contributed by atoms with E-state index in [2.05, 4.69) is 41.5 Å². The van der Waals surface area contributed by atoms with Gasteiger partial charge >= 0.3 is 11.9 Å². The predicted octanol–water partition coefficient (Wildman–Crippen LogP) is 6.63. The second kappa shape index (κ2) is 10.2. The minimum Gasteiger partial charge on any atom is -0.306 e. The van der Waals surface area contributed by atoms with Crippen molar-refractivity contribution in [3.05, 3.63) is 107 Å². The van der Waals surface area contributed by atoms with E-state index in [1.807, 2.05) is 36.4 Å². The average molecular weight is 460 g/mol. The Morgan fingerprint density at radius 3 is 1.68 bits per heavy atom. The Bertz CT molecular complexity index is 1110. The van der Waals surface area contributed by atoms with Gasteiger partial charge in [-0.25, -0.2) is 9.63 Å². The van der Waals surface area contributed by atoms with Crippen LogP contribution in [0.3, 0.4) is 0 Å². The first-order chi connectivity index (χ1) is 15.9. The maximum atomic E-state index is 13.2. The van der Waals surface area contributed by atoms with Gasteiger partial charge in [0.15, 0.2) is 0 Å². The molecule has 0 spiro atoms. The molecule has 3 rings (SSSR count). The van der Waals surface area contributed by atoms with E-state index >= 15 is 0 Å². The number of hydroxylamine groups is 2. The maximum Gasteiger partial charge on any atom is 0.366 e. The molecule has 0 unspecified atom stereocenters. The topological polar surface area (TPSA) is 55.8 Å². The molecule has 0 radical (unpaired) electrons. The van der Waals surface area contributed by atoms with Gasteiger partial charge in [0.25, 0.3) is 0 Å². The molecule has 0 fully saturated rings. The van der Waals surface area contributed by atoms with Crippen LogP contribution >= 0.6 is 0 Å². The number of carbonyl (C=O) groups excluding carboxylic acids is 2. The van der Waals surface area contributed by atoms with Crippen LogP contribution in [0, 0.1) is 0 Å². The van der Waals surface area contributed by atoms with Crippen LogP contribution in [-0.2, 0) is 27.1 Å². The lowest BCUT2D eigenvalue weighted by Gasteiger charge is -2.22. The molecule has 0 heterocycles. The summed E-state index contributed by atoms with van der Waals surface area (Å²) in [5.41, 5.74) is 3.81. The predicted molar refractivity (Wildman–Crippen MR) is 133 cm³/mol. The van der Waals surface area contributed by atoms with Crippen LogP contribution in [-0.4, -0.2) is 17.1 Å². The number of amides is 1. The normalized spacial score (nSPS) is 11.7. The fourth-order valence-corrected chi connectivity index (χ4v) is 3.28. The Hall–Kier alpha value is -3.44. The van der Waals surface area contributed by atoms with E-state index < -0.39 is 11.9 Å². The van der Waals surface area contributed by atoms with Gasteiger partial charge in [0.2, 0.25) is 0 Å². The summed E-state index contributed by atoms with van der Waals surface area (Å²) < 4.78 is 0. The van der Waals surface area contributed by atoms with E-state index in [0.29, 0.717) is 16.4 Å². The van der Waals surface area contributed by atoms with Crippen molar-refractivity contribution in [2.45, 2.75) is 59.0 Å². The molecule has 34 heavy (non-hydrogen) atoms. The fourth-order valence-electron chi connectivity index (χ4n) is 3.28. The smallest absolute Gasteiger partial charge is 0.306 e. The van der Waals surface area contributed by atoms with Gasteiger partial charge in [-0.1, -0.05) is 96.1 Å². The first-order valence-electron chi connectivity index (χ1n) is 11.4. The Balaban J connectivity index is 1.80. The highest BCUT2D eigenvalue weighted by molar-refractivity contribution is 5.95. The van der Waals surface area contributed by atoms with Gasteiger partial charge < -0.3 is 4.84 Å². The molecule has 0 aliphatic heterocycles. The van der Waals surface area contributed by atoms with E-state index in [9.17, 15) is 9.59 Å². The Kier molecular flexibility index (Phi) is 7.57. The molecule has 0 atom stereocenters. The molecule has 0 aliphatic carbocycles. The van der Waals surface area contributed by atoms with Crippen LogP contribution in [0.2, 0.25) is 0 Å². The summed E-state index contributed by atoms with van der Waals surface area (Å²) in [5.74, 6) is -1.24. The zero-order valence-corrected chi connectivity index (χ0v) is 20.8. The van der Waals surface area contributed by atoms with E-state index in [1.165, 1.54) is 5.56 Å². The van der Waals surface area contributed by atoms with Crippen molar-refractivity contribution < 1.29 is 19.3 Å². The molecule has 0 saturated heterocycles. The minimum atomic E-state index is -0.677. The first-order valence-corrected chi connectivity index (χ1v) is 11.4. The highest BCUT2D eigenvalue weighted by Gasteiger charge is 2.24. The summed E-state index contributed by atoms with van der Waals surface area (Å²) in [6.45, 7) is 12.8. The molecule has 0 saturated carbocycles. The van der Waals surface area contributed by atoms with Crippen molar-refractivity contribution in [1.29, 1.82) is 0 Å². The van der Waals surface area contributed by atoms with Crippen LogP contribution in [0.5, 0.6) is 0 Å². The second-order valence-corrected chi connectivity index (χ2v) is 10.4. The number of rotatable bonds is 5. The molecule has 0 N–H and O–H groups in total. The Morgan fingerprint density at radius 1 is 0.676 bits per heavy atom. The molecule has 0 aliphatic rings. The number of nitrogens with zero attached hydrogens (tertiary/aromatic N) is 1. The Morgan fingerprint density at radius 2 is 1.18 bits per heavy atom. The van der Waals surface area contributed by atoms with Gasteiger partial charge in [0, 0.05) is 5.56 Å².